The minimum Gasteiger partial charge on any atom is -0.299 e. The number of rotatable bonds is 7. The van der Waals surface area contributed by atoms with Crippen LogP contribution in [0.5, 0.6) is 0 Å². The monoisotopic (exact) mass is 400 g/mol. The highest BCUT2D eigenvalue weighted by Gasteiger charge is 2.04. The van der Waals surface area contributed by atoms with Crippen LogP contribution in [0.15, 0.2) is 83.0 Å². The topological polar surface area (TPSA) is 82.9 Å². The zero-order chi connectivity index (χ0) is 21.3. The van der Waals surface area contributed by atoms with Gasteiger partial charge in [-0.15, -0.1) is 10.2 Å². The summed E-state index contributed by atoms with van der Waals surface area (Å²) in [7, 11) is 0. The molecule has 0 saturated carbocycles. The molecular weight excluding hydrogens is 376 g/mol. The first-order chi connectivity index (χ1) is 14.5. The van der Waals surface area contributed by atoms with Crippen LogP contribution in [0.4, 0.5) is 11.4 Å². The number of hydrogen-bond acceptors (Lipinski definition) is 4. The van der Waals surface area contributed by atoms with Crippen LogP contribution in [0.25, 0.3) is 0 Å². The molecular formula is C24H24N4O2. The van der Waals surface area contributed by atoms with E-state index >= 15 is 0 Å². The highest BCUT2D eigenvalue weighted by Crippen LogP contribution is 2.16. The maximum absolute atomic E-state index is 12.0. The number of aryl methyl sites for hydroxylation is 2. The van der Waals surface area contributed by atoms with E-state index < -0.39 is 0 Å². The van der Waals surface area contributed by atoms with Crippen molar-refractivity contribution in [2.45, 2.75) is 26.7 Å². The number of benzene rings is 3. The summed E-state index contributed by atoms with van der Waals surface area (Å²) in [6.07, 6.45) is 0.513. The second-order valence-corrected chi connectivity index (χ2v) is 7.14. The van der Waals surface area contributed by atoms with Crippen molar-refractivity contribution in [2.75, 3.05) is 5.43 Å². The Labute approximate surface area is 176 Å². The van der Waals surface area contributed by atoms with Crippen molar-refractivity contribution >= 4 is 23.2 Å². The van der Waals surface area contributed by atoms with Crippen LogP contribution in [0.3, 0.4) is 0 Å². The maximum atomic E-state index is 12.0. The standard InChI is InChI=1S/C24H24N4O2/c1-17-3-7-19(8-4-17)15-23(29)27-25-21-11-13-22(14-12-21)26-28-24(30)16-20-9-5-18(2)6-10-20/h3-14,25H,15-16H2,1-2H3,(H,27,29). The van der Waals surface area contributed by atoms with E-state index in [9.17, 15) is 9.59 Å². The smallest absolute Gasteiger partial charge is 0.269 e. The van der Waals surface area contributed by atoms with Gasteiger partial charge in [-0.1, -0.05) is 59.7 Å². The lowest BCUT2D eigenvalue weighted by Gasteiger charge is -2.08. The first kappa shape index (κ1) is 20.9. The van der Waals surface area contributed by atoms with E-state index in [1.807, 2.05) is 62.4 Å². The molecule has 0 aliphatic heterocycles. The third kappa shape index (κ3) is 6.67. The van der Waals surface area contributed by atoms with Crippen molar-refractivity contribution in [1.29, 1.82) is 0 Å². The van der Waals surface area contributed by atoms with E-state index in [4.69, 9.17) is 0 Å². The summed E-state index contributed by atoms with van der Waals surface area (Å²) in [5, 5.41) is 7.74. The van der Waals surface area contributed by atoms with Crippen LogP contribution >= 0.6 is 0 Å². The SMILES string of the molecule is Cc1ccc(CC(=O)N=Nc2ccc(NNC(=O)Cc3ccc(C)cc3)cc2)cc1. The van der Waals surface area contributed by atoms with Gasteiger partial charge in [-0.05, 0) is 49.2 Å². The Kier molecular flexibility index (Phi) is 7.05. The maximum Gasteiger partial charge on any atom is 0.269 e. The number of carbonyl (C=O) groups is 2. The molecule has 0 unspecified atom stereocenters. The van der Waals surface area contributed by atoms with Gasteiger partial charge in [0.15, 0.2) is 0 Å². The number of carbonyl (C=O) groups excluding carboxylic acids is 2. The average Bonchev–Trinajstić information content (AvgIpc) is 2.75. The molecule has 6 heteroatoms. The molecule has 0 spiro atoms. The van der Waals surface area contributed by atoms with Crippen molar-refractivity contribution in [3.63, 3.8) is 0 Å². The highest BCUT2D eigenvalue weighted by molar-refractivity contribution is 5.80. The van der Waals surface area contributed by atoms with Gasteiger partial charge in [0.05, 0.1) is 24.2 Å². The predicted molar refractivity (Wildman–Crippen MR) is 117 cm³/mol. The number of hydrogen-bond donors (Lipinski definition) is 2. The zero-order valence-electron chi connectivity index (χ0n) is 17.1. The number of hydrazine groups is 1. The van der Waals surface area contributed by atoms with Gasteiger partial charge in [-0.3, -0.25) is 20.4 Å². The lowest BCUT2D eigenvalue weighted by atomic mass is 10.1. The molecule has 0 aromatic heterocycles. The minimum atomic E-state index is -0.301. The van der Waals surface area contributed by atoms with Crippen LogP contribution in [-0.4, -0.2) is 11.8 Å². The van der Waals surface area contributed by atoms with Crippen molar-refractivity contribution in [3.8, 4) is 0 Å². The normalized spacial score (nSPS) is 10.7. The van der Waals surface area contributed by atoms with E-state index in [0.717, 1.165) is 22.3 Å². The van der Waals surface area contributed by atoms with Gasteiger partial charge in [0.25, 0.3) is 5.91 Å². The molecule has 0 saturated heterocycles. The largest absolute Gasteiger partial charge is 0.299 e. The molecule has 6 nitrogen and oxygen atoms in total. The molecule has 0 fully saturated rings. The summed E-state index contributed by atoms with van der Waals surface area (Å²) >= 11 is 0. The molecule has 3 rings (SSSR count). The first-order valence-electron chi connectivity index (χ1n) is 9.68. The van der Waals surface area contributed by atoms with Crippen molar-refractivity contribution in [3.05, 3.63) is 95.1 Å². The quantitative estimate of drug-likeness (QED) is 0.440. The fourth-order valence-corrected chi connectivity index (χ4v) is 2.72. The Balaban J connectivity index is 1.46. The van der Waals surface area contributed by atoms with Gasteiger partial charge >= 0.3 is 0 Å². The molecule has 2 amide bonds. The lowest BCUT2D eigenvalue weighted by molar-refractivity contribution is -0.120. The van der Waals surface area contributed by atoms with Crippen LogP contribution in [-0.2, 0) is 22.4 Å². The summed E-state index contributed by atoms with van der Waals surface area (Å²) in [6.45, 7) is 4.01. The summed E-state index contributed by atoms with van der Waals surface area (Å²) in [5.74, 6) is -0.436. The van der Waals surface area contributed by atoms with E-state index in [2.05, 4.69) is 21.1 Å². The molecule has 0 aliphatic rings. The van der Waals surface area contributed by atoms with Crippen molar-refractivity contribution < 1.29 is 9.59 Å². The Morgan fingerprint density at radius 2 is 1.27 bits per heavy atom. The molecule has 0 heterocycles. The molecule has 0 aliphatic carbocycles. The Morgan fingerprint density at radius 1 is 0.733 bits per heavy atom. The number of nitrogens with zero attached hydrogens (tertiary/aromatic N) is 2. The van der Waals surface area contributed by atoms with Gasteiger partial charge in [-0.2, -0.15) is 0 Å². The predicted octanol–water partition coefficient (Wildman–Crippen LogP) is 4.84. The Morgan fingerprint density at radius 3 is 1.83 bits per heavy atom. The molecule has 30 heavy (non-hydrogen) atoms. The zero-order valence-corrected chi connectivity index (χ0v) is 17.1. The fraction of sp³-hybridized carbons (Fsp3) is 0.167. The van der Waals surface area contributed by atoms with Gasteiger partial charge < -0.3 is 0 Å². The minimum absolute atomic E-state index is 0.135. The van der Waals surface area contributed by atoms with Crippen LogP contribution in [0, 0.1) is 13.8 Å². The van der Waals surface area contributed by atoms with Crippen LogP contribution < -0.4 is 10.9 Å². The molecule has 3 aromatic rings. The number of amides is 2. The van der Waals surface area contributed by atoms with Gasteiger partial charge in [0, 0.05) is 0 Å². The van der Waals surface area contributed by atoms with Gasteiger partial charge in [0.2, 0.25) is 5.91 Å². The number of anilines is 1. The van der Waals surface area contributed by atoms with Gasteiger partial charge in [-0.25, -0.2) is 0 Å². The van der Waals surface area contributed by atoms with Crippen molar-refractivity contribution in [2.24, 2.45) is 10.2 Å². The fourth-order valence-electron chi connectivity index (χ4n) is 2.72. The second kappa shape index (κ2) is 10.1. The average molecular weight is 400 g/mol. The molecule has 2 N–H and O–H groups in total. The molecule has 152 valence electrons. The first-order valence-corrected chi connectivity index (χ1v) is 9.68. The lowest BCUT2D eigenvalue weighted by Crippen LogP contribution is -2.30. The number of nitrogens with one attached hydrogen (secondary N) is 2. The molecule has 0 atom stereocenters. The summed E-state index contributed by atoms with van der Waals surface area (Å²) in [5.41, 5.74) is 11.0. The van der Waals surface area contributed by atoms with E-state index in [1.54, 1.807) is 24.3 Å². The summed E-state index contributed by atoms with van der Waals surface area (Å²) in [4.78, 5) is 24.0. The van der Waals surface area contributed by atoms with E-state index in [-0.39, 0.29) is 18.2 Å². The van der Waals surface area contributed by atoms with Gasteiger partial charge in [0.1, 0.15) is 0 Å². The van der Waals surface area contributed by atoms with Crippen LogP contribution in [0.2, 0.25) is 0 Å². The Bertz CT molecular complexity index is 1020. The summed E-state index contributed by atoms with van der Waals surface area (Å²) < 4.78 is 0. The molecule has 0 bridgehead atoms. The second-order valence-electron chi connectivity index (χ2n) is 7.14. The Hall–Kier alpha value is -3.80. The third-order valence-corrected chi connectivity index (χ3v) is 4.45. The van der Waals surface area contributed by atoms with E-state index in [0.29, 0.717) is 17.8 Å². The third-order valence-electron chi connectivity index (χ3n) is 4.45. The van der Waals surface area contributed by atoms with Crippen LogP contribution in [0.1, 0.15) is 22.3 Å². The van der Waals surface area contributed by atoms with Crippen molar-refractivity contribution in [1.82, 2.24) is 5.43 Å². The number of azo groups is 1. The molecule has 3 aromatic carbocycles. The highest BCUT2D eigenvalue weighted by atomic mass is 16.2. The summed E-state index contributed by atoms with van der Waals surface area (Å²) in [6, 6.07) is 22.5. The van der Waals surface area contributed by atoms with E-state index in [1.165, 1.54) is 0 Å². The molecule has 0 radical (unpaired) electrons.